The van der Waals surface area contributed by atoms with Crippen LogP contribution in [0.25, 0.3) is 11.3 Å². The molecule has 1 atom stereocenters. The average Bonchev–Trinajstić information content (AvgIpc) is 2.74. The summed E-state index contributed by atoms with van der Waals surface area (Å²) in [5, 5.41) is 4.42. The van der Waals surface area contributed by atoms with Crippen LogP contribution in [-0.2, 0) is 4.74 Å². The Morgan fingerprint density at radius 3 is 2.48 bits per heavy atom. The van der Waals surface area contributed by atoms with Gasteiger partial charge in [0.05, 0.1) is 0 Å². The van der Waals surface area contributed by atoms with Crippen molar-refractivity contribution in [2.45, 2.75) is 13.2 Å². The number of nitrogens with zero attached hydrogens (tertiary/aromatic N) is 3. The zero-order chi connectivity index (χ0) is 20.4. The second-order valence-corrected chi connectivity index (χ2v) is 8.00. The van der Waals surface area contributed by atoms with Gasteiger partial charge in [0.1, 0.15) is 5.76 Å². The van der Waals surface area contributed by atoms with Crippen LogP contribution in [0.15, 0.2) is 65.3 Å². The Labute approximate surface area is 176 Å². The van der Waals surface area contributed by atoms with E-state index in [0.29, 0.717) is 10.8 Å². The molecule has 1 N–H and O–H groups in total. The summed E-state index contributed by atoms with van der Waals surface area (Å²) in [6.07, 6.45) is 1.40. The van der Waals surface area contributed by atoms with Crippen LogP contribution >= 0.6 is 11.6 Å². The highest BCUT2D eigenvalue weighted by atomic mass is 35.5. The minimum Gasteiger partial charge on any atom is -0.462 e. The molecule has 2 aliphatic rings. The van der Waals surface area contributed by atoms with E-state index in [1.54, 1.807) is 0 Å². The van der Waals surface area contributed by atoms with Crippen molar-refractivity contribution in [1.82, 2.24) is 4.90 Å². The van der Waals surface area contributed by atoms with Gasteiger partial charge >= 0.3 is 0 Å². The van der Waals surface area contributed by atoms with Crippen LogP contribution < -0.4 is 4.90 Å². The van der Waals surface area contributed by atoms with E-state index in [1.807, 2.05) is 31.2 Å². The summed E-state index contributed by atoms with van der Waals surface area (Å²) >= 11 is 6.15. The monoisotopic (exact) mass is 408 g/mol. The molecule has 1 fully saturated rings. The number of anilines is 1. The number of benzene rings is 2. The van der Waals surface area contributed by atoms with Crippen molar-refractivity contribution < 1.29 is 4.74 Å². The summed E-state index contributed by atoms with van der Waals surface area (Å²) in [4.78, 5) is 4.75. The number of allylic oxidation sites excluding steroid dienone is 2. The number of ether oxygens (including phenoxy) is 1. The Morgan fingerprint density at radius 2 is 1.76 bits per heavy atom. The lowest BCUT2D eigenvalue weighted by atomic mass is 9.97. The molecule has 0 amide bonds. The molecule has 1 saturated heterocycles. The van der Waals surface area contributed by atoms with E-state index in [9.17, 15) is 0 Å². The van der Waals surface area contributed by atoms with Crippen LogP contribution in [0.5, 0.6) is 0 Å². The molecule has 2 aromatic carbocycles. The molecule has 0 saturated carbocycles. The van der Waals surface area contributed by atoms with Crippen LogP contribution in [0, 0.1) is 5.53 Å². The first kappa shape index (κ1) is 19.7. The maximum Gasteiger partial charge on any atom is 0.234 e. The Balaban J connectivity index is 1.68. The smallest absolute Gasteiger partial charge is 0.234 e. The minimum absolute atomic E-state index is 0.653. The van der Waals surface area contributed by atoms with Crippen LogP contribution in [0.3, 0.4) is 0 Å². The second-order valence-electron chi connectivity index (χ2n) is 7.56. The van der Waals surface area contributed by atoms with Gasteiger partial charge in [-0.1, -0.05) is 35.9 Å². The summed E-state index contributed by atoms with van der Waals surface area (Å²) in [6, 6.07) is 16.0. The van der Waals surface area contributed by atoms with Crippen molar-refractivity contribution in [2.24, 2.45) is 5.11 Å². The molecule has 5 nitrogen and oxygen atoms in total. The Morgan fingerprint density at radius 1 is 1.03 bits per heavy atom. The van der Waals surface area contributed by atoms with Gasteiger partial charge in [-0.2, -0.15) is 0 Å². The fourth-order valence-electron chi connectivity index (χ4n) is 3.83. The van der Waals surface area contributed by atoms with E-state index >= 15 is 0 Å². The van der Waals surface area contributed by atoms with E-state index < -0.39 is 6.23 Å². The predicted octanol–water partition coefficient (Wildman–Crippen LogP) is 5.29. The van der Waals surface area contributed by atoms with Crippen molar-refractivity contribution in [3.05, 3.63) is 76.3 Å². The number of rotatable bonds is 4. The SMILES string of the molecule is CC1=C(c2cccc(Cl)c2)OC(N=N)C(c2cccc(N3CCN(C)CC3)c2)=C1. The molecule has 4 rings (SSSR count). The molecular weight excluding hydrogens is 384 g/mol. The van der Waals surface area contributed by atoms with Gasteiger partial charge in [-0.15, -0.1) is 5.11 Å². The Bertz CT molecular complexity index is 976. The second kappa shape index (κ2) is 8.39. The molecule has 0 spiro atoms. The van der Waals surface area contributed by atoms with Crippen molar-refractivity contribution in [1.29, 1.82) is 5.53 Å². The van der Waals surface area contributed by atoms with Gasteiger partial charge in [0, 0.05) is 48.0 Å². The molecule has 0 bridgehead atoms. The van der Waals surface area contributed by atoms with Gasteiger partial charge < -0.3 is 14.5 Å². The highest BCUT2D eigenvalue weighted by Crippen LogP contribution is 2.36. The van der Waals surface area contributed by atoms with E-state index in [0.717, 1.165) is 48.5 Å². The standard InChI is InChI=1S/C23H25ClN4O/c1-16-13-21(23(26-25)29-22(16)18-6-3-7-19(24)14-18)17-5-4-8-20(15-17)28-11-9-27(2)10-12-28/h3-8,13-15,23,25H,9-12H2,1-2H3. The highest BCUT2D eigenvalue weighted by Gasteiger charge is 2.25. The number of nitrogens with one attached hydrogen (secondary N) is 1. The van der Waals surface area contributed by atoms with Crippen LogP contribution in [0.2, 0.25) is 5.02 Å². The summed E-state index contributed by atoms with van der Waals surface area (Å²) in [7, 11) is 2.16. The van der Waals surface area contributed by atoms with Gasteiger partial charge in [-0.05, 0) is 55.4 Å². The molecule has 0 radical (unpaired) electrons. The van der Waals surface area contributed by atoms with E-state index in [-0.39, 0.29) is 0 Å². The molecule has 2 aromatic rings. The third-order valence-corrected chi connectivity index (χ3v) is 5.71. The normalized spacial score (nSPS) is 20.3. The van der Waals surface area contributed by atoms with Crippen LogP contribution in [0.1, 0.15) is 18.1 Å². The number of piperazine rings is 1. The molecule has 2 heterocycles. The summed E-state index contributed by atoms with van der Waals surface area (Å²) in [5.41, 5.74) is 12.7. The maximum absolute atomic E-state index is 7.70. The fourth-order valence-corrected chi connectivity index (χ4v) is 4.02. The third kappa shape index (κ3) is 4.21. The van der Waals surface area contributed by atoms with Crippen molar-refractivity contribution in [2.75, 3.05) is 38.1 Å². The molecule has 1 unspecified atom stereocenters. The first-order chi connectivity index (χ1) is 14.0. The van der Waals surface area contributed by atoms with Crippen LogP contribution in [0.4, 0.5) is 5.69 Å². The first-order valence-corrected chi connectivity index (χ1v) is 10.2. The van der Waals surface area contributed by atoms with E-state index in [1.165, 1.54) is 5.69 Å². The number of likely N-dealkylation sites (N-methyl/N-ethyl adjacent to an activating group) is 1. The topological polar surface area (TPSA) is 51.9 Å². The molecule has 6 heteroatoms. The minimum atomic E-state index is -0.671. The lowest BCUT2D eigenvalue weighted by Crippen LogP contribution is -2.44. The van der Waals surface area contributed by atoms with Gasteiger partial charge in [-0.25, -0.2) is 5.53 Å². The van der Waals surface area contributed by atoms with E-state index in [2.05, 4.69) is 52.3 Å². The average molecular weight is 409 g/mol. The van der Waals surface area contributed by atoms with Gasteiger partial charge in [0.25, 0.3) is 0 Å². The zero-order valence-corrected chi connectivity index (χ0v) is 17.5. The maximum atomic E-state index is 7.70. The summed E-state index contributed by atoms with van der Waals surface area (Å²) in [6.45, 7) is 6.16. The third-order valence-electron chi connectivity index (χ3n) is 5.48. The van der Waals surface area contributed by atoms with Gasteiger partial charge in [0.15, 0.2) is 0 Å². The quantitative estimate of drug-likeness (QED) is 0.699. The molecule has 0 aromatic heterocycles. The first-order valence-electron chi connectivity index (χ1n) is 9.81. The lowest BCUT2D eigenvalue weighted by molar-refractivity contribution is 0.213. The number of hydrogen-bond donors (Lipinski definition) is 1. The molecule has 150 valence electrons. The summed E-state index contributed by atoms with van der Waals surface area (Å²) in [5.74, 6) is 0.715. The molecular formula is C23H25ClN4O. The molecule has 2 aliphatic heterocycles. The molecule has 29 heavy (non-hydrogen) atoms. The van der Waals surface area contributed by atoms with Gasteiger partial charge in [0.2, 0.25) is 6.23 Å². The summed E-state index contributed by atoms with van der Waals surface area (Å²) < 4.78 is 6.13. The van der Waals surface area contributed by atoms with E-state index in [4.69, 9.17) is 21.9 Å². The molecule has 0 aliphatic carbocycles. The zero-order valence-electron chi connectivity index (χ0n) is 16.7. The Hall–Kier alpha value is -2.63. The van der Waals surface area contributed by atoms with Crippen molar-refractivity contribution >= 4 is 28.6 Å². The van der Waals surface area contributed by atoms with Crippen molar-refractivity contribution in [3.8, 4) is 0 Å². The highest BCUT2D eigenvalue weighted by molar-refractivity contribution is 6.30. The largest absolute Gasteiger partial charge is 0.462 e. The fraction of sp³-hybridized carbons (Fsp3) is 0.304. The lowest BCUT2D eigenvalue weighted by Gasteiger charge is -2.34. The number of halogens is 1. The van der Waals surface area contributed by atoms with Crippen LogP contribution in [-0.4, -0.2) is 44.4 Å². The Kier molecular flexibility index (Phi) is 5.69. The van der Waals surface area contributed by atoms with Crippen molar-refractivity contribution in [3.63, 3.8) is 0 Å². The predicted molar refractivity (Wildman–Crippen MR) is 118 cm³/mol. The van der Waals surface area contributed by atoms with Gasteiger partial charge in [-0.3, -0.25) is 0 Å². The number of hydrogen-bond acceptors (Lipinski definition) is 5.